The summed E-state index contributed by atoms with van der Waals surface area (Å²) in [5.74, 6) is 0.951. The molecule has 2 rings (SSSR count). The third kappa shape index (κ3) is 4.04. The Kier molecular flexibility index (Phi) is 4.67. The van der Waals surface area contributed by atoms with Crippen LogP contribution >= 0.6 is 11.6 Å². The minimum absolute atomic E-state index is 0.545. The molecular formula is C15H20ClNO. The lowest BCUT2D eigenvalue weighted by Crippen LogP contribution is -2.16. The number of benzene rings is 1. The van der Waals surface area contributed by atoms with E-state index in [-0.39, 0.29) is 0 Å². The van der Waals surface area contributed by atoms with E-state index in [4.69, 9.17) is 16.3 Å². The molecular weight excluding hydrogens is 246 g/mol. The highest BCUT2D eigenvalue weighted by molar-refractivity contribution is 6.25. The van der Waals surface area contributed by atoms with Crippen molar-refractivity contribution in [2.45, 2.75) is 39.3 Å². The number of rotatable bonds is 6. The maximum absolute atomic E-state index is 5.80. The molecule has 18 heavy (non-hydrogen) atoms. The van der Waals surface area contributed by atoms with Crippen molar-refractivity contribution in [3.63, 3.8) is 0 Å². The zero-order valence-electron chi connectivity index (χ0n) is 11.0. The third-order valence-corrected chi connectivity index (χ3v) is 3.39. The lowest BCUT2D eigenvalue weighted by atomic mass is 10.1. The van der Waals surface area contributed by atoms with Crippen molar-refractivity contribution in [2.24, 2.45) is 0 Å². The Bertz CT molecular complexity index is 438. The Morgan fingerprint density at radius 1 is 1.50 bits per heavy atom. The highest BCUT2D eigenvalue weighted by Crippen LogP contribution is 2.24. The summed E-state index contributed by atoms with van der Waals surface area (Å²) in [6, 6.07) is 7.02. The molecule has 0 bridgehead atoms. The van der Waals surface area contributed by atoms with Crippen molar-refractivity contribution in [3.05, 3.63) is 40.4 Å². The van der Waals surface area contributed by atoms with Crippen LogP contribution in [0.1, 0.15) is 30.9 Å². The zero-order valence-corrected chi connectivity index (χ0v) is 11.8. The standard InChI is InChI=1S/C15H20ClNO/c1-11-3-6-15(18-10-12(2)8-16)13(7-11)9-17-14-4-5-14/h3,6-8,14,17H,4-5,9-10H2,1-2H3/b12-8-. The van der Waals surface area contributed by atoms with E-state index in [1.54, 1.807) is 5.54 Å². The van der Waals surface area contributed by atoms with Crippen molar-refractivity contribution in [2.75, 3.05) is 6.61 Å². The van der Waals surface area contributed by atoms with E-state index < -0.39 is 0 Å². The summed E-state index contributed by atoms with van der Waals surface area (Å²) in [4.78, 5) is 0. The molecule has 0 radical (unpaired) electrons. The monoisotopic (exact) mass is 265 g/mol. The minimum Gasteiger partial charge on any atom is -0.489 e. The van der Waals surface area contributed by atoms with E-state index in [1.807, 2.05) is 13.0 Å². The number of halogens is 1. The fraction of sp³-hybridized carbons (Fsp3) is 0.467. The molecule has 0 saturated heterocycles. The summed E-state index contributed by atoms with van der Waals surface area (Å²) in [6.07, 6.45) is 2.60. The maximum atomic E-state index is 5.80. The Balaban J connectivity index is 2.01. The van der Waals surface area contributed by atoms with E-state index in [1.165, 1.54) is 24.0 Å². The van der Waals surface area contributed by atoms with Crippen molar-refractivity contribution >= 4 is 11.6 Å². The average molecular weight is 266 g/mol. The van der Waals surface area contributed by atoms with E-state index in [0.29, 0.717) is 12.6 Å². The highest BCUT2D eigenvalue weighted by Gasteiger charge is 2.20. The van der Waals surface area contributed by atoms with Gasteiger partial charge in [-0.15, -0.1) is 0 Å². The first-order valence-electron chi connectivity index (χ1n) is 6.40. The van der Waals surface area contributed by atoms with Gasteiger partial charge in [-0.1, -0.05) is 29.3 Å². The van der Waals surface area contributed by atoms with Crippen LogP contribution in [0.4, 0.5) is 0 Å². The number of aryl methyl sites for hydroxylation is 1. The Morgan fingerprint density at radius 3 is 2.94 bits per heavy atom. The molecule has 1 N–H and O–H groups in total. The molecule has 0 spiro atoms. The highest BCUT2D eigenvalue weighted by atomic mass is 35.5. The number of hydrogen-bond acceptors (Lipinski definition) is 2. The van der Waals surface area contributed by atoms with Crippen LogP contribution in [-0.4, -0.2) is 12.6 Å². The fourth-order valence-corrected chi connectivity index (χ4v) is 1.82. The van der Waals surface area contributed by atoms with Crippen LogP contribution in [0.15, 0.2) is 29.3 Å². The number of hydrogen-bond donors (Lipinski definition) is 1. The van der Waals surface area contributed by atoms with Crippen LogP contribution < -0.4 is 10.1 Å². The molecule has 0 heterocycles. The molecule has 1 aromatic rings. The van der Waals surface area contributed by atoms with Gasteiger partial charge in [-0.05, 0) is 38.3 Å². The zero-order chi connectivity index (χ0) is 13.0. The van der Waals surface area contributed by atoms with Gasteiger partial charge in [0.15, 0.2) is 0 Å². The average Bonchev–Trinajstić information content (AvgIpc) is 3.18. The topological polar surface area (TPSA) is 21.3 Å². The fourth-order valence-electron chi connectivity index (χ4n) is 1.75. The summed E-state index contributed by atoms with van der Waals surface area (Å²) in [5.41, 5.74) is 5.08. The van der Waals surface area contributed by atoms with Crippen molar-refractivity contribution in [1.29, 1.82) is 0 Å². The summed E-state index contributed by atoms with van der Waals surface area (Å²) in [7, 11) is 0. The normalized spacial score (nSPS) is 15.8. The summed E-state index contributed by atoms with van der Waals surface area (Å²) in [6.45, 7) is 5.49. The molecule has 0 aliphatic heterocycles. The smallest absolute Gasteiger partial charge is 0.124 e. The van der Waals surface area contributed by atoms with Gasteiger partial charge in [0.05, 0.1) is 0 Å². The van der Waals surface area contributed by atoms with Gasteiger partial charge < -0.3 is 10.1 Å². The first-order chi connectivity index (χ1) is 8.69. The number of nitrogens with one attached hydrogen (secondary N) is 1. The summed E-state index contributed by atoms with van der Waals surface area (Å²) >= 11 is 5.64. The third-order valence-electron chi connectivity index (χ3n) is 3.02. The molecule has 0 unspecified atom stereocenters. The predicted molar refractivity (Wildman–Crippen MR) is 76.1 cm³/mol. The van der Waals surface area contributed by atoms with Gasteiger partial charge >= 0.3 is 0 Å². The first kappa shape index (κ1) is 13.4. The van der Waals surface area contributed by atoms with Crippen LogP contribution in [0.3, 0.4) is 0 Å². The predicted octanol–water partition coefficient (Wildman–Crippen LogP) is 3.77. The largest absolute Gasteiger partial charge is 0.489 e. The van der Waals surface area contributed by atoms with Crippen LogP contribution in [0.25, 0.3) is 0 Å². The van der Waals surface area contributed by atoms with E-state index in [0.717, 1.165) is 17.9 Å². The van der Waals surface area contributed by atoms with Gasteiger partial charge in [-0.2, -0.15) is 0 Å². The second kappa shape index (κ2) is 6.26. The van der Waals surface area contributed by atoms with Gasteiger partial charge in [0, 0.05) is 23.7 Å². The first-order valence-corrected chi connectivity index (χ1v) is 6.84. The van der Waals surface area contributed by atoms with Crippen molar-refractivity contribution in [3.8, 4) is 5.75 Å². The van der Waals surface area contributed by atoms with E-state index in [9.17, 15) is 0 Å². The molecule has 0 amide bonds. The maximum Gasteiger partial charge on any atom is 0.124 e. The summed E-state index contributed by atoms with van der Waals surface area (Å²) in [5, 5.41) is 3.52. The van der Waals surface area contributed by atoms with Crippen LogP contribution in [-0.2, 0) is 6.54 Å². The molecule has 0 atom stereocenters. The molecule has 2 nitrogen and oxygen atoms in total. The molecule has 3 heteroatoms. The van der Waals surface area contributed by atoms with Gasteiger partial charge in [0.2, 0.25) is 0 Å². The second-order valence-corrected chi connectivity index (χ2v) is 5.23. The van der Waals surface area contributed by atoms with Gasteiger partial charge in [-0.25, -0.2) is 0 Å². The molecule has 0 aromatic heterocycles. The lowest BCUT2D eigenvalue weighted by molar-refractivity contribution is 0.347. The van der Waals surface area contributed by atoms with Gasteiger partial charge in [0.1, 0.15) is 12.4 Å². The molecule has 98 valence electrons. The van der Waals surface area contributed by atoms with Crippen LogP contribution in [0, 0.1) is 6.92 Å². The van der Waals surface area contributed by atoms with Gasteiger partial charge in [0.25, 0.3) is 0 Å². The lowest BCUT2D eigenvalue weighted by Gasteiger charge is -2.13. The Morgan fingerprint density at radius 2 is 2.28 bits per heavy atom. The second-order valence-electron chi connectivity index (χ2n) is 5.01. The minimum atomic E-state index is 0.545. The van der Waals surface area contributed by atoms with E-state index >= 15 is 0 Å². The van der Waals surface area contributed by atoms with Crippen molar-refractivity contribution in [1.82, 2.24) is 5.32 Å². The van der Waals surface area contributed by atoms with Crippen LogP contribution in [0.2, 0.25) is 0 Å². The summed E-state index contributed by atoms with van der Waals surface area (Å²) < 4.78 is 5.80. The molecule has 1 aromatic carbocycles. The van der Waals surface area contributed by atoms with Crippen molar-refractivity contribution < 1.29 is 4.74 Å². The Hall–Kier alpha value is -0.990. The van der Waals surface area contributed by atoms with E-state index in [2.05, 4.69) is 24.4 Å². The van der Waals surface area contributed by atoms with Gasteiger partial charge in [-0.3, -0.25) is 0 Å². The SMILES string of the molecule is C/C(=C/Cl)COc1ccc(C)cc1CNC1CC1. The molecule has 1 saturated carbocycles. The molecule has 1 aliphatic rings. The van der Waals surface area contributed by atoms with Crippen LogP contribution in [0.5, 0.6) is 5.75 Å². The molecule has 1 aliphatic carbocycles. The number of ether oxygens (including phenoxy) is 1. The quantitative estimate of drug-likeness (QED) is 0.845. The molecule has 1 fully saturated rings. The Labute approximate surface area is 114 Å².